The van der Waals surface area contributed by atoms with Gasteiger partial charge in [0.2, 0.25) is 4.80 Å². The van der Waals surface area contributed by atoms with Crippen molar-refractivity contribution in [3.05, 3.63) is 22.0 Å². The Hall–Kier alpha value is -1.53. The van der Waals surface area contributed by atoms with Gasteiger partial charge in [0.25, 0.3) is 0 Å². The minimum atomic E-state index is -0.00965. The van der Waals surface area contributed by atoms with Gasteiger partial charge in [0.1, 0.15) is 11.5 Å². The van der Waals surface area contributed by atoms with Gasteiger partial charge in [0.15, 0.2) is 5.01 Å². The lowest BCUT2D eigenvalue weighted by Crippen LogP contribution is -2.18. The molecule has 138 valence electrons. The molecule has 0 saturated heterocycles. The van der Waals surface area contributed by atoms with Crippen LogP contribution in [0.3, 0.4) is 0 Å². The molecule has 0 atom stereocenters. The lowest BCUT2D eigenvalue weighted by atomic mass is 9.96. The highest BCUT2D eigenvalue weighted by atomic mass is 35.5. The number of benzene rings is 1. The number of rotatable bonds is 3. The summed E-state index contributed by atoms with van der Waals surface area (Å²) >= 11 is 7.48. The number of aromatic nitrogens is 2. The van der Waals surface area contributed by atoms with Crippen molar-refractivity contribution in [1.29, 1.82) is 0 Å². The minimum Gasteiger partial charge on any atom is -0.505 e. The van der Waals surface area contributed by atoms with Gasteiger partial charge in [-0.25, -0.2) is 4.68 Å². The van der Waals surface area contributed by atoms with E-state index in [4.69, 9.17) is 21.3 Å². The molecule has 1 aliphatic rings. The Morgan fingerprint density at radius 3 is 2.60 bits per heavy atom. The average molecular weight is 384 g/mol. The Morgan fingerprint density at radius 2 is 1.96 bits per heavy atom. The maximum Gasteiger partial charge on any atom is 0.203 e. The fraction of sp³-hybridized carbons (Fsp3) is 0.556. The lowest BCUT2D eigenvalue weighted by Gasteiger charge is -2.16. The maximum atomic E-state index is 10.3. The number of nitrogens with zero attached hydrogens (tertiary/aromatic N) is 3. The molecule has 0 spiro atoms. The number of hydrogen-bond acceptors (Lipinski definition) is 5. The highest BCUT2D eigenvalue weighted by Gasteiger charge is 2.19. The monoisotopic (exact) mass is 383 g/mol. The largest absolute Gasteiger partial charge is 0.505 e. The summed E-state index contributed by atoms with van der Waals surface area (Å²) in [6.45, 7) is 4.00. The highest BCUT2D eigenvalue weighted by molar-refractivity contribution is 7.12. The molecule has 1 aliphatic carbocycles. The van der Waals surface area contributed by atoms with Crippen LogP contribution in [0.4, 0.5) is 0 Å². The number of hydrogen-bond donors (Lipinski definition) is 1. The third-order valence-electron chi connectivity index (χ3n) is 4.10. The fourth-order valence-electron chi connectivity index (χ4n) is 2.85. The molecular weight excluding hydrogens is 358 g/mol. The predicted octanol–water partition coefficient (Wildman–Crippen LogP) is 4.78. The topological polar surface area (TPSA) is 59.6 Å². The van der Waals surface area contributed by atoms with E-state index in [9.17, 15) is 5.11 Å². The van der Waals surface area contributed by atoms with E-state index in [1.165, 1.54) is 30.6 Å². The SMILES string of the molecule is CC.COc1ccc(Cl)c(O)c1-c1nn(C)c(=NC2CCCCC2)s1. The van der Waals surface area contributed by atoms with Crippen LogP contribution in [-0.4, -0.2) is 28.0 Å². The Kier molecular flexibility index (Phi) is 7.32. The molecule has 0 aliphatic heterocycles. The van der Waals surface area contributed by atoms with Crippen molar-refractivity contribution in [3.63, 3.8) is 0 Å². The Labute approximate surface area is 158 Å². The first kappa shape index (κ1) is 19.8. The minimum absolute atomic E-state index is 0.00965. The van der Waals surface area contributed by atoms with E-state index in [-0.39, 0.29) is 10.8 Å². The third kappa shape index (κ3) is 4.55. The Balaban J connectivity index is 0.00000109. The normalized spacial score (nSPS) is 15.6. The average Bonchev–Trinajstić information content (AvgIpc) is 3.00. The van der Waals surface area contributed by atoms with Gasteiger partial charge < -0.3 is 9.84 Å². The summed E-state index contributed by atoms with van der Waals surface area (Å²) in [6, 6.07) is 3.72. The first-order valence-electron chi connectivity index (χ1n) is 8.74. The number of phenols is 1. The highest BCUT2D eigenvalue weighted by Crippen LogP contribution is 2.42. The molecule has 5 nitrogen and oxygen atoms in total. The second-order valence-corrected chi connectivity index (χ2v) is 7.07. The summed E-state index contributed by atoms with van der Waals surface area (Å²) in [4.78, 5) is 5.69. The van der Waals surface area contributed by atoms with Crippen LogP contribution in [0.25, 0.3) is 10.6 Å². The van der Waals surface area contributed by atoms with Gasteiger partial charge in [0.05, 0.1) is 23.7 Å². The quantitative estimate of drug-likeness (QED) is 0.829. The van der Waals surface area contributed by atoms with E-state index in [1.54, 1.807) is 23.9 Å². The molecule has 2 aromatic rings. The van der Waals surface area contributed by atoms with E-state index < -0.39 is 0 Å². The molecule has 1 saturated carbocycles. The van der Waals surface area contributed by atoms with Crippen LogP contribution >= 0.6 is 22.9 Å². The Morgan fingerprint density at radius 1 is 1.28 bits per heavy atom. The zero-order valence-electron chi connectivity index (χ0n) is 15.3. The summed E-state index contributed by atoms with van der Waals surface area (Å²) in [5.41, 5.74) is 0.519. The van der Waals surface area contributed by atoms with Gasteiger partial charge >= 0.3 is 0 Å². The molecule has 3 rings (SSSR count). The summed E-state index contributed by atoms with van der Waals surface area (Å²) < 4.78 is 7.10. The molecule has 0 amide bonds. The number of aromatic hydroxyl groups is 1. The molecule has 1 N–H and O–H groups in total. The van der Waals surface area contributed by atoms with Crippen molar-refractivity contribution in [2.24, 2.45) is 12.0 Å². The van der Waals surface area contributed by atoms with Gasteiger partial charge in [0, 0.05) is 7.05 Å². The number of aryl methyl sites for hydroxylation is 1. The first-order chi connectivity index (χ1) is 12.1. The van der Waals surface area contributed by atoms with E-state index in [2.05, 4.69) is 5.10 Å². The van der Waals surface area contributed by atoms with E-state index >= 15 is 0 Å². The smallest absolute Gasteiger partial charge is 0.203 e. The summed E-state index contributed by atoms with van der Waals surface area (Å²) in [5, 5.41) is 15.7. The molecule has 0 bridgehead atoms. The van der Waals surface area contributed by atoms with Crippen molar-refractivity contribution in [1.82, 2.24) is 9.78 Å². The second-order valence-electron chi connectivity index (χ2n) is 5.71. The van der Waals surface area contributed by atoms with Gasteiger partial charge in [-0.2, -0.15) is 5.10 Å². The van der Waals surface area contributed by atoms with Crippen LogP contribution in [0, 0.1) is 0 Å². The molecule has 1 aromatic carbocycles. The molecule has 0 unspecified atom stereocenters. The van der Waals surface area contributed by atoms with Gasteiger partial charge in [-0.1, -0.05) is 56.0 Å². The number of halogens is 1. The van der Waals surface area contributed by atoms with Crippen LogP contribution in [0.2, 0.25) is 5.02 Å². The molecule has 1 heterocycles. The van der Waals surface area contributed by atoms with Crippen LogP contribution in [0.5, 0.6) is 11.5 Å². The number of ether oxygens (including phenoxy) is 1. The zero-order chi connectivity index (χ0) is 18.4. The zero-order valence-corrected chi connectivity index (χ0v) is 16.8. The van der Waals surface area contributed by atoms with Crippen molar-refractivity contribution in [2.75, 3.05) is 7.11 Å². The van der Waals surface area contributed by atoms with Crippen LogP contribution in [-0.2, 0) is 7.05 Å². The van der Waals surface area contributed by atoms with Crippen molar-refractivity contribution < 1.29 is 9.84 Å². The van der Waals surface area contributed by atoms with Gasteiger partial charge in [-0.15, -0.1) is 0 Å². The maximum absolute atomic E-state index is 10.3. The van der Waals surface area contributed by atoms with Crippen molar-refractivity contribution in [3.8, 4) is 22.1 Å². The summed E-state index contributed by atoms with van der Waals surface area (Å²) in [6.07, 6.45) is 6.07. The molecule has 1 aromatic heterocycles. The van der Waals surface area contributed by atoms with Crippen LogP contribution < -0.4 is 9.54 Å². The molecule has 7 heteroatoms. The summed E-state index contributed by atoms with van der Waals surface area (Å²) in [7, 11) is 3.43. The van der Waals surface area contributed by atoms with E-state index in [1.807, 2.05) is 20.9 Å². The molecule has 1 fully saturated rings. The first-order valence-corrected chi connectivity index (χ1v) is 9.93. The molecule has 25 heavy (non-hydrogen) atoms. The van der Waals surface area contributed by atoms with Crippen LogP contribution in [0.15, 0.2) is 17.1 Å². The van der Waals surface area contributed by atoms with Crippen molar-refractivity contribution >= 4 is 22.9 Å². The van der Waals surface area contributed by atoms with E-state index in [0.29, 0.717) is 22.4 Å². The molecular formula is C18H26ClN3O2S. The summed E-state index contributed by atoms with van der Waals surface area (Å²) in [5.74, 6) is 0.537. The lowest BCUT2D eigenvalue weighted by molar-refractivity contribution is 0.410. The van der Waals surface area contributed by atoms with Crippen LogP contribution in [0.1, 0.15) is 46.0 Å². The number of methoxy groups -OCH3 is 1. The third-order valence-corrected chi connectivity index (χ3v) is 5.43. The Bertz CT molecular complexity index is 764. The predicted molar refractivity (Wildman–Crippen MR) is 104 cm³/mol. The van der Waals surface area contributed by atoms with E-state index in [0.717, 1.165) is 17.6 Å². The fourth-order valence-corrected chi connectivity index (χ4v) is 4.02. The van der Waals surface area contributed by atoms with Gasteiger partial charge in [-0.05, 0) is 25.0 Å². The standard InChI is InChI=1S/C16H20ClN3O2S.C2H6/c1-20-16(18-10-6-4-3-5-7-10)23-15(19-20)13-12(22-2)9-8-11(17)14(13)21;1-2/h8-10,21H,3-7H2,1-2H3;1-2H3. The van der Waals surface area contributed by atoms with Crippen molar-refractivity contribution in [2.45, 2.75) is 52.0 Å². The van der Waals surface area contributed by atoms with Gasteiger partial charge in [-0.3, -0.25) is 4.99 Å². The molecule has 0 radical (unpaired) electrons. The number of phenolic OH excluding ortho intramolecular Hbond substituents is 1. The second kappa shape index (κ2) is 9.25.